The zero-order valence-corrected chi connectivity index (χ0v) is 11.8. The van der Waals surface area contributed by atoms with E-state index in [9.17, 15) is 4.39 Å². The van der Waals surface area contributed by atoms with E-state index < -0.39 is 0 Å². The van der Waals surface area contributed by atoms with E-state index in [1.54, 1.807) is 18.2 Å². The van der Waals surface area contributed by atoms with Crippen molar-refractivity contribution >= 4 is 22.6 Å². The molecule has 0 aliphatic heterocycles. The molecule has 0 spiro atoms. The summed E-state index contributed by atoms with van der Waals surface area (Å²) in [5, 5.41) is 7.88. The Morgan fingerprint density at radius 1 is 0.842 bits per heavy atom. The van der Waals surface area contributed by atoms with Crippen molar-refractivity contribution in [3.8, 4) is 22.9 Å². The van der Waals surface area contributed by atoms with Crippen molar-refractivity contribution < 1.29 is 8.81 Å². The topological polar surface area (TPSA) is 38.9 Å². The van der Waals surface area contributed by atoms with Crippen LogP contribution in [0.3, 0.4) is 0 Å². The monoisotopic (exact) mass is 366 g/mol. The van der Waals surface area contributed by atoms with Gasteiger partial charge in [-0.2, -0.15) is 0 Å². The van der Waals surface area contributed by atoms with Crippen LogP contribution in [-0.4, -0.2) is 10.2 Å². The Balaban J connectivity index is 2.06. The van der Waals surface area contributed by atoms with Crippen LogP contribution in [0.25, 0.3) is 22.9 Å². The summed E-state index contributed by atoms with van der Waals surface area (Å²) in [5.74, 6) is 0.205. The molecule has 0 amide bonds. The standard InChI is InChI=1S/C14H8FIN2O/c15-11-7-3-1-5-9(11)13-17-18-14(19-13)10-6-2-4-8-12(10)16/h1-8H. The van der Waals surface area contributed by atoms with Gasteiger partial charge in [0.2, 0.25) is 5.89 Å². The Bertz CT molecular complexity index is 667. The number of nitrogens with zero attached hydrogens (tertiary/aromatic N) is 2. The van der Waals surface area contributed by atoms with Crippen LogP contribution in [0, 0.1) is 9.39 Å². The summed E-state index contributed by atoms with van der Waals surface area (Å²) >= 11 is 2.19. The SMILES string of the molecule is Fc1ccccc1-c1nnc(-c2ccccc2I)o1. The summed E-state index contributed by atoms with van der Waals surface area (Å²) < 4.78 is 20.2. The van der Waals surface area contributed by atoms with Gasteiger partial charge in [-0.3, -0.25) is 0 Å². The molecule has 1 aromatic heterocycles. The quantitative estimate of drug-likeness (QED) is 0.640. The van der Waals surface area contributed by atoms with Crippen LogP contribution in [0.2, 0.25) is 0 Å². The first kappa shape index (κ1) is 12.3. The molecule has 0 aliphatic rings. The average molecular weight is 366 g/mol. The second-order valence-corrected chi connectivity index (χ2v) is 5.03. The third-order valence-corrected chi connectivity index (χ3v) is 3.57. The molecule has 0 saturated carbocycles. The van der Waals surface area contributed by atoms with E-state index in [-0.39, 0.29) is 11.7 Å². The Labute approximate surface area is 122 Å². The minimum absolute atomic E-state index is 0.188. The molecular formula is C14H8FIN2O. The van der Waals surface area contributed by atoms with Gasteiger partial charge in [-0.25, -0.2) is 4.39 Å². The van der Waals surface area contributed by atoms with E-state index in [0.717, 1.165) is 9.13 Å². The molecule has 0 saturated heterocycles. The Morgan fingerprint density at radius 2 is 1.42 bits per heavy atom. The molecule has 0 atom stereocenters. The molecule has 0 fully saturated rings. The molecule has 0 radical (unpaired) electrons. The van der Waals surface area contributed by atoms with E-state index >= 15 is 0 Å². The van der Waals surface area contributed by atoms with E-state index in [1.165, 1.54) is 6.07 Å². The first-order chi connectivity index (χ1) is 9.25. The third-order valence-electron chi connectivity index (χ3n) is 2.63. The molecular weight excluding hydrogens is 358 g/mol. The number of aromatic nitrogens is 2. The molecule has 94 valence electrons. The van der Waals surface area contributed by atoms with Gasteiger partial charge in [-0.1, -0.05) is 24.3 Å². The first-order valence-electron chi connectivity index (χ1n) is 5.59. The Hall–Kier alpha value is -1.76. The molecule has 19 heavy (non-hydrogen) atoms. The van der Waals surface area contributed by atoms with Gasteiger partial charge in [0.05, 0.1) is 11.1 Å². The summed E-state index contributed by atoms with van der Waals surface area (Å²) in [6, 6.07) is 14.0. The predicted molar refractivity (Wildman–Crippen MR) is 77.8 cm³/mol. The lowest BCUT2D eigenvalue weighted by molar-refractivity contribution is 0.570. The van der Waals surface area contributed by atoms with Gasteiger partial charge < -0.3 is 4.42 Å². The lowest BCUT2D eigenvalue weighted by Crippen LogP contribution is -1.82. The van der Waals surface area contributed by atoms with Crippen LogP contribution in [0.5, 0.6) is 0 Å². The zero-order valence-electron chi connectivity index (χ0n) is 9.68. The molecule has 2 aromatic carbocycles. The Kier molecular flexibility index (Phi) is 3.29. The van der Waals surface area contributed by atoms with Gasteiger partial charge in [-0.05, 0) is 46.9 Å². The molecule has 0 aliphatic carbocycles. The second-order valence-electron chi connectivity index (χ2n) is 3.87. The van der Waals surface area contributed by atoms with Gasteiger partial charge in [-0.15, -0.1) is 10.2 Å². The normalized spacial score (nSPS) is 10.6. The fraction of sp³-hybridized carbons (Fsp3) is 0. The molecule has 3 rings (SSSR count). The summed E-state index contributed by atoms with van der Waals surface area (Å²) in [6.07, 6.45) is 0. The van der Waals surface area contributed by atoms with Crippen LogP contribution < -0.4 is 0 Å². The van der Waals surface area contributed by atoms with E-state index in [2.05, 4.69) is 32.8 Å². The van der Waals surface area contributed by atoms with Crippen molar-refractivity contribution in [1.29, 1.82) is 0 Å². The zero-order chi connectivity index (χ0) is 13.2. The van der Waals surface area contributed by atoms with E-state index in [0.29, 0.717) is 11.5 Å². The highest BCUT2D eigenvalue weighted by atomic mass is 127. The maximum absolute atomic E-state index is 13.6. The largest absolute Gasteiger partial charge is 0.416 e. The van der Waals surface area contributed by atoms with Crippen LogP contribution >= 0.6 is 22.6 Å². The number of halogens is 2. The molecule has 1 heterocycles. The van der Waals surface area contributed by atoms with E-state index in [1.807, 2.05) is 24.3 Å². The number of hydrogen-bond donors (Lipinski definition) is 0. The highest BCUT2D eigenvalue weighted by molar-refractivity contribution is 14.1. The molecule has 0 bridgehead atoms. The van der Waals surface area contributed by atoms with Crippen molar-refractivity contribution in [3.63, 3.8) is 0 Å². The molecule has 5 heteroatoms. The lowest BCUT2D eigenvalue weighted by atomic mass is 10.2. The van der Waals surface area contributed by atoms with Crippen molar-refractivity contribution in [3.05, 3.63) is 57.9 Å². The maximum atomic E-state index is 13.6. The fourth-order valence-corrected chi connectivity index (χ4v) is 2.33. The van der Waals surface area contributed by atoms with Crippen molar-refractivity contribution in [2.45, 2.75) is 0 Å². The Morgan fingerprint density at radius 3 is 2.11 bits per heavy atom. The van der Waals surface area contributed by atoms with Gasteiger partial charge in [0.1, 0.15) is 5.82 Å². The molecule has 3 nitrogen and oxygen atoms in total. The summed E-state index contributed by atoms with van der Waals surface area (Å²) in [5.41, 5.74) is 1.16. The molecule has 3 aromatic rings. The lowest BCUT2D eigenvalue weighted by Gasteiger charge is -1.98. The smallest absolute Gasteiger partial charge is 0.251 e. The van der Waals surface area contributed by atoms with Crippen molar-refractivity contribution in [2.75, 3.05) is 0 Å². The van der Waals surface area contributed by atoms with Gasteiger partial charge >= 0.3 is 0 Å². The second kappa shape index (κ2) is 5.08. The van der Waals surface area contributed by atoms with Crippen molar-refractivity contribution in [2.24, 2.45) is 0 Å². The summed E-state index contributed by atoms with van der Waals surface area (Å²) in [7, 11) is 0. The predicted octanol–water partition coefficient (Wildman–Crippen LogP) is 4.15. The van der Waals surface area contributed by atoms with Gasteiger partial charge in [0, 0.05) is 3.57 Å². The minimum atomic E-state index is -0.375. The number of benzene rings is 2. The minimum Gasteiger partial charge on any atom is -0.416 e. The first-order valence-corrected chi connectivity index (χ1v) is 6.67. The number of hydrogen-bond acceptors (Lipinski definition) is 3. The number of rotatable bonds is 2. The fourth-order valence-electron chi connectivity index (χ4n) is 1.71. The highest BCUT2D eigenvalue weighted by Crippen LogP contribution is 2.28. The van der Waals surface area contributed by atoms with Crippen LogP contribution in [0.4, 0.5) is 4.39 Å². The van der Waals surface area contributed by atoms with Gasteiger partial charge in [0.15, 0.2) is 0 Å². The van der Waals surface area contributed by atoms with Gasteiger partial charge in [0.25, 0.3) is 5.89 Å². The van der Waals surface area contributed by atoms with Crippen molar-refractivity contribution in [1.82, 2.24) is 10.2 Å². The van der Waals surface area contributed by atoms with E-state index in [4.69, 9.17) is 4.42 Å². The molecule has 0 N–H and O–H groups in total. The van der Waals surface area contributed by atoms with Crippen LogP contribution in [0.15, 0.2) is 52.9 Å². The summed E-state index contributed by atoms with van der Waals surface area (Å²) in [6.45, 7) is 0. The average Bonchev–Trinajstić information content (AvgIpc) is 2.89. The van der Waals surface area contributed by atoms with Crippen LogP contribution in [0.1, 0.15) is 0 Å². The maximum Gasteiger partial charge on any atom is 0.251 e. The molecule has 0 unspecified atom stereocenters. The summed E-state index contributed by atoms with van der Waals surface area (Å²) in [4.78, 5) is 0. The highest BCUT2D eigenvalue weighted by Gasteiger charge is 2.14. The third kappa shape index (κ3) is 2.37. The van der Waals surface area contributed by atoms with Crippen LogP contribution in [-0.2, 0) is 0 Å².